The lowest BCUT2D eigenvalue weighted by Crippen LogP contribution is -2.45. The minimum atomic E-state index is -0.442. The van der Waals surface area contributed by atoms with Gasteiger partial charge in [-0.3, -0.25) is 0 Å². The van der Waals surface area contributed by atoms with Gasteiger partial charge in [-0.25, -0.2) is 10.9 Å². The first-order valence-corrected chi connectivity index (χ1v) is 9.10. The molecule has 0 aliphatic heterocycles. The van der Waals surface area contributed by atoms with Crippen LogP contribution in [0.3, 0.4) is 0 Å². The van der Waals surface area contributed by atoms with E-state index in [1.807, 2.05) is 0 Å². The molecule has 2 aromatic rings. The highest BCUT2D eigenvalue weighted by atomic mass is 14.1. The lowest BCUT2D eigenvalue weighted by Gasteiger charge is -2.31. The molecule has 0 saturated carbocycles. The molecule has 1 unspecified atom stereocenters. The maximum Gasteiger partial charge on any atom is 0.0403 e. The number of unbranched alkanes of at least 4 members (excludes halogenated alkanes) is 1. The van der Waals surface area contributed by atoms with Crippen molar-refractivity contribution in [2.24, 2.45) is 0 Å². The number of benzene rings is 2. The van der Waals surface area contributed by atoms with Crippen LogP contribution in [0.1, 0.15) is 50.3 Å². The number of rotatable bonds is 7. The van der Waals surface area contributed by atoms with Gasteiger partial charge in [0.05, 0.1) is 0 Å². The van der Waals surface area contributed by atoms with Crippen LogP contribution in [0.25, 0.3) is 0 Å². The van der Waals surface area contributed by atoms with Crippen LogP contribution in [-0.2, 0) is 12.8 Å². The average Bonchev–Trinajstić information content (AvgIpc) is 2.56. The van der Waals surface area contributed by atoms with Crippen LogP contribution < -0.4 is 10.9 Å². The maximum absolute atomic E-state index is 2.42. The molecular formula is C21H30B-. The molecule has 1 heteroatoms. The normalized spacial score (nSPS) is 12.4. The third kappa shape index (κ3) is 3.82. The van der Waals surface area contributed by atoms with Crippen LogP contribution in [-0.4, -0.2) is 6.71 Å². The number of hydrogen-bond donors (Lipinski definition) is 0. The molecule has 2 aromatic carbocycles. The van der Waals surface area contributed by atoms with Crippen molar-refractivity contribution in [2.45, 2.75) is 59.7 Å². The molecule has 0 spiro atoms. The Hall–Kier alpha value is -1.50. The first-order chi connectivity index (χ1) is 10.7. The predicted octanol–water partition coefficient (Wildman–Crippen LogP) is 4.26. The van der Waals surface area contributed by atoms with Gasteiger partial charge in [0.1, 0.15) is 0 Å². The summed E-state index contributed by atoms with van der Waals surface area (Å²) in [6.45, 7) is 8.71. The van der Waals surface area contributed by atoms with Crippen molar-refractivity contribution in [1.82, 2.24) is 0 Å². The van der Waals surface area contributed by atoms with Gasteiger partial charge in [0.15, 0.2) is 0 Å². The van der Waals surface area contributed by atoms with E-state index in [9.17, 15) is 0 Å². The lowest BCUT2D eigenvalue weighted by atomic mass is 9.36. The SMILES string of the molecule is CCCC[BH-](c1ccccc1)c1c(CC)cc(C)cc1CC. The summed E-state index contributed by atoms with van der Waals surface area (Å²) in [6, 6.07) is 16.1. The summed E-state index contributed by atoms with van der Waals surface area (Å²) >= 11 is 0. The molecule has 0 nitrogen and oxygen atoms in total. The Morgan fingerprint density at radius 3 is 1.95 bits per heavy atom. The minimum Gasteiger partial charge on any atom is -0.208 e. The van der Waals surface area contributed by atoms with E-state index in [2.05, 4.69) is 70.2 Å². The van der Waals surface area contributed by atoms with E-state index in [1.54, 1.807) is 22.1 Å². The smallest absolute Gasteiger partial charge is 0.0403 e. The standard InChI is InChI=1S/C21H30B/c1-5-8-14-22(20-12-10-9-11-13-20)21-18(6-2)15-17(4)16-19(21)7-3/h9-13,15-16,22H,5-8,14H2,1-4H3/q-1. The summed E-state index contributed by atoms with van der Waals surface area (Å²) < 4.78 is 0. The van der Waals surface area contributed by atoms with Gasteiger partial charge in [-0.1, -0.05) is 92.8 Å². The second-order valence-corrected chi connectivity index (χ2v) is 6.64. The summed E-state index contributed by atoms with van der Waals surface area (Å²) in [4.78, 5) is 0. The van der Waals surface area contributed by atoms with Crippen molar-refractivity contribution >= 4 is 17.6 Å². The summed E-state index contributed by atoms with van der Waals surface area (Å²) in [6.07, 6.45) is 6.24. The highest BCUT2D eigenvalue weighted by molar-refractivity contribution is 6.85. The van der Waals surface area contributed by atoms with Crippen LogP contribution >= 0.6 is 0 Å². The second-order valence-electron chi connectivity index (χ2n) is 6.64. The van der Waals surface area contributed by atoms with Crippen LogP contribution in [0.2, 0.25) is 6.32 Å². The fourth-order valence-corrected chi connectivity index (χ4v) is 4.00. The van der Waals surface area contributed by atoms with Crippen molar-refractivity contribution in [1.29, 1.82) is 0 Å². The Labute approximate surface area is 137 Å². The lowest BCUT2D eigenvalue weighted by molar-refractivity contribution is 0.877. The van der Waals surface area contributed by atoms with E-state index in [0.717, 1.165) is 12.8 Å². The molecule has 0 aliphatic carbocycles. The molecule has 1 atom stereocenters. The zero-order valence-electron chi connectivity index (χ0n) is 14.8. The molecule has 0 saturated heterocycles. The Bertz CT molecular complexity index is 561. The van der Waals surface area contributed by atoms with E-state index in [0.29, 0.717) is 0 Å². The van der Waals surface area contributed by atoms with Crippen LogP contribution in [0.4, 0.5) is 0 Å². The fourth-order valence-electron chi connectivity index (χ4n) is 4.00. The van der Waals surface area contributed by atoms with Crippen molar-refractivity contribution in [2.75, 3.05) is 0 Å². The van der Waals surface area contributed by atoms with Crippen molar-refractivity contribution in [3.8, 4) is 0 Å². The van der Waals surface area contributed by atoms with Crippen molar-refractivity contribution < 1.29 is 0 Å². The molecule has 0 aliphatic rings. The van der Waals surface area contributed by atoms with Crippen LogP contribution in [0.15, 0.2) is 42.5 Å². The van der Waals surface area contributed by atoms with E-state index >= 15 is 0 Å². The molecule has 0 fully saturated rings. The third-order valence-electron chi connectivity index (χ3n) is 5.06. The molecule has 0 aromatic heterocycles. The first kappa shape index (κ1) is 16.9. The van der Waals surface area contributed by atoms with Crippen molar-refractivity contribution in [3.63, 3.8) is 0 Å². The molecule has 0 N–H and O–H groups in total. The molecule has 2 rings (SSSR count). The van der Waals surface area contributed by atoms with E-state index < -0.39 is 6.71 Å². The molecular weight excluding hydrogens is 263 g/mol. The summed E-state index contributed by atoms with van der Waals surface area (Å²) in [5.74, 6) is 0. The topological polar surface area (TPSA) is 0 Å². The molecule has 0 heterocycles. The van der Waals surface area contributed by atoms with Gasteiger partial charge in [-0.05, 0) is 19.8 Å². The molecule has 0 radical (unpaired) electrons. The summed E-state index contributed by atoms with van der Waals surface area (Å²) in [5, 5.41) is 0. The first-order valence-electron chi connectivity index (χ1n) is 9.10. The zero-order valence-corrected chi connectivity index (χ0v) is 14.8. The number of hydrogen-bond acceptors (Lipinski definition) is 0. The van der Waals surface area contributed by atoms with Crippen LogP contribution in [0.5, 0.6) is 0 Å². The van der Waals surface area contributed by atoms with Gasteiger partial charge in [0, 0.05) is 6.71 Å². The molecule has 22 heavy (non-hydrogen) atoms. The van der Waals surface area contributed by atoms with Gasteiger partial charge in [-0.15, -0.1) is 0 Å². The Morgan fingerprint density at radius 2 is 1.45 bits per heavy atom. The van der Waals surface area contributed by atoms with Gasteiger partial charge in [0.25, 0.3) is 0 Å². The van der Waals surface area contributed by atoms with E-state index in [1.165, 1.54) is 24.7 Å². The largest absolute Gasteiger partial charge is 0.208 e. The van der Waals surface area contributed by atoms with Gasteiger partial charge < -0.3 is 0 Å². The minimum absolute atomic E-state index is 0.442. The summed E-state index contributed by atoms with van der Waals surface area (Å²) in [5.41, 5.74) is 7.83. The van der Waals surface area contributed by atoms with E-state index in [-0.39, 0.29) is 0 Å². The average molecular weight is 293 g/mol. The fraction of sp³-hybridized carbons (Fsp3) is 0.429. The Morgan fingerprint density at radius 1 is 0.864 bits per heavy atom. The van der Waals surface area contributed by atoms with E-state index in [4.69, 9.17) is 0 Å². The molecule has 0 bridgehead atoms. The Kier molecular flexibility index (Phi) is 6.30. The molecule has 0 amide bonds. The highest BCUT2D eigenvalue weighted by Gasteiger charge is 2.14. The molecule has 118 valence electrons. The predicted molar refractivity (Wildman–Crippen MR) is 103 cm³/mol. The van der Waals surface area contributed by atoms with Crippen LogP contribution in [0, 0.1) is 6.92 Å². The zero-order chi connectivity index (χ0) is 15.9. The van der Waals surface area contributed by atoms with Crippen molar-refractivity contribution in [3.05, 3.63) is 59.2 Å². The Balaban J connectivity index is 2.55. The maximum atomic E-state index is 2.42. The quantitative estimate of drug-likeness (QED) is 0.669. The third-order valence-corrected chi connectivity index (χ3v) is 5.06. The summed E-state index contributed by atoms with van der Waals surface area (Å²) in [7, 11) is 0. The van der Waals surface area contributed by atoms with Gasteiger partial charge >= 0.3 is 0 Å². The van der Waals surface area contributed by atoms with Gasteiger partial charge in [-0.2, -0.15) is 6.32 Å². The monoisotopic (exact) mass is 293 g/mol. The highest BCUT2D eigenvalue weighted by Crippen LogP contribution is 2.14. The second kappa shape index (κ2) is 8.22. The number of aryl methyl sites for hydroxylation is 3. The van der Waals surface area contributed by atoms with Gasteiger partial charge in [0.2, 0.25) is 0 Å².